The molecule has 1 aliphatic rings. The number of halogens is 1. The van der Waals surface area contributed by atoms with Gasteiger partial charge in [-0.05, 0) is 49.2 Å². The van der Waals surface area contributed by atoms with Crippen LogP contribution in [0.3, 0.4) is 0 Å². The molecule has 3 aromatic rings. The number of aromatic nitrogens is 2. The molecule has 20 heavy (non-hydrogen) atoms. The standard InChI is InChI=1S/C15H14ClN3O/c1-9-5-10(2)15(20)14(6-9)18-8-17-13-7-11(16)3-4-12(13)19(17)18/h3-7,20H,8H2,1-2H3. The van der Waals surface area contributed by atoms with Crippen LogP contribution in [0.1, 0.15) is 11.1 Å². The number of benzene rings is 2. The number of fused-ring (bicyclic) bond motifs is 4. The van der Waals surface area contributed by atoms with Gasteiger partial charge in [0.15, 0.2) is 0 Å². The van der Waals surface area contributed by atoms with Crippen LogP contribution in [0.15, 0.2) is 30.3 Å². The van der Waals surface area contributed by atoms with Crippen molar-refractivity contribution in [2.75, 3.05) is 5.01 Å². The maximum atomic E-state index is 10.3. The Labute approximate surface area is 121 Å². The zero-order chi connectivity index (χ0) is 14.0. The van der Waals surface area contributed by atoms with Crippen LogP contribution in [0.5, 0.6) is 5.75 Å². The van der Waals surface area contributed by atoms with E-state index in [-0.39, 0.29) is 0 Å². The Balaban J connectivity index is 1.84. The van der Waals surface area contributed by atoms with Crippen LogP contribution in [0.4, 0.5) is 5.69 Å². The summed E-state index contributed by atoms with van der Waals surface area (Å²) in [5.41, 5.74) is 5.14. The van der Waals surface area contributed by atoms with Crippen LogP contribution < -0.4 is 5.01 Å². The lowest BCUT2D eigenvalue weighted by Crippen LogP contribution is -2.52. The first-order chi connectivity index (χ1) is 9.56. The van der Waals surface area contributed by atoms with E-state index >= 15 is 0 Å². The molecular weight excluding hydrogens is 274 g/mol. The molecule has 4 nitrogen and oxygen atoms in total. The minimum absolute atomic E-state index is 0.345. The van der Waals surface area contributed by atoms with Gasteiger partial charge in [-0.25, -0.2) is 9.69 Å². The van der Waals surface area contributed by atoms with E-state index in [2.05, 4.69) is 14.5 Å². The Bertz CT molecular complexity index is 847. The molecule has 0 amide bonds. The van der Waals surface area contributed by atoms with Gasteiger partial charge in [0.2, 0.25) is 0 Å². The smallest absolute Gasteiger partial charge is 0.143 e. The topological polar surface area (TPSA) is 33.3 Å². The van der Waals surface area contributed by atoms with E-state index in [1.54, 1.807) is 0 Å². The summed E-state index contributed by atoms with van der Waals surface area (Å²) in [6, 6.07) is 9.84. The number of aryl methyl sites for hydroxylation is 2. The van der Waals surface area contributed by atoms with Crippen molar-refractivity contribution in [1.29, 1.82) is 0 Å². The molecule has 4 rings (SSSR count). The van der Waals surface area contributed by atoms with Crippen molar-refractivity contribution in [3.05, 3.63) is 46.5 Å². The van der Waals surface area contributed by atoms with Crippen LogP contribution in [0, 0.1) is 13.8 Å². The molecule has 5 heteroatoms. The molecule has 0 atom stereocenters. The van der Waals surface area contributed by atoms with E-state index < -0.39 is 0 Å². The van der Waals surface area contributed by atoms with E-state index in [0.29, 0.717) is 5.75 Å². The lowest BCUT2D eigenvalue weighted by Gasteiger charge is -2.45. The first kappa shape index (κ1) is 11.7. The largest absolute Gasteiger partial charge is 0.505 e. The Hall–Kier alpha value is -2.07. The second-order valence-electron chi connectivity index (χ2n) is 5.31. The molecule has 0 aliphatic carbocycles. The molecule has 0 saturated heterocycles. The van der Waals surface area contributed by atoms with Gasteiger partial charge in [-0.1, -0.05) is 17.7 Å². The van der Waals surface area contributed by atoms with Crippen molar-refractivity contribution in [3.8, 4) is 5.75 Å². The number of aromatic hydroxyl groups is 1. The highest BCUT2D eigenvalue weighted by Crippen LogP contribution is 2.39. The average Bonchev–Trinajstić information content (AvgIpc) is 2.36. The fourth-order valence-corrected chi connectivity index (χ4v) is 3.06. The molecule has 2 aromatic carbocycles. The molecule has 2 heterocycles. The van der Waals surface area contributed by atoms with Crippen LogP contribution >= 0.6 is 11.6 Å². The quantitative estimate of drug-likeness (QED) is 0.741. The van der Waals surface area contributed by atoms with Crippen molar-refractivity contribution >= 4 is 28.3 Å². The van der Waals surface area contributed by atoms with Crippen molar-refractivity contribution < 1.29 is 5.11 Å². The minimum Gasteiger partial charge on any atom is -0.505 e. The number of anilines is 1. The summed E-state index contributed by atoms with van der Waals surface area (Å²) in [6.45, 7) is 4.69. The minimum atomic E-state index is 0.345. The summed E-state index contributed by atoms with van der Waals surface area (Å²) in [5.74, 6) is 0.345. The predicted molar refractivity (Wildman–Crippen MR) is 80.4 cm³/mol. The van der Waals surface area contributed by atoms with Crippen molar-refractivity contribution in [1.82, 2.24) is 9.47 Å². The van der Waals surface area contributed by atoms with Crippen LogP contribution in [0.2, 0.25) is 5.02 Å². The number of phenolic OH excluding ortho intramolecular Hbond substituents is 1. The van der Waals surface area contributed by atoms with Gasteiger partial charge < -0.3 is 5.11 Å². The predicted octanol–water partition coefficient (Wildman–Crippen LogP) is 3.66. The van der Waals surface area contributed by atoms with Crippen LogP contribution in [0.25, 0.3) is 11.0 Å². The molecule has 1 aliphatic heterocycles. The molecule has 1 aromatic heterocycles. The number of nitrogens with zero attached hydrogens (tertiary/aromatic N) is 3. The third kappa shape index (κ3) is 1.37. The van der Waals surface area contributed by atoms with Gasteiger partial charge in [0.25, 0.3) is 0 Å². The fraction of sp³-hybridized carbons (Fsp3) is 0.200. The van der Waals surface area contributed by atoms with E-state index in [0.717, 1.165) is 39.5 Å². The Morgan fingerprint density at radius 1 is 1.10 bits per heavy atom. The second-order valence-corrected chi connectivity index (χ2v) is 5.75. The molecule has 102 valence electrons. The lowest BCUT2D eigenvalue weighted by molar-refractivity contribution is 0.312. The van der Waals surface area contributed by atoms with Gasteiger partial charge >= 0.3 is 0 Å². The first-order valence-corrected chi connectivity index (χ1v) is 6.89. The summed E-state index contributed by atoms with van der Waals surface area (Å²) in [4.78, 5) is 2.06. The highest BCUT2D eigenvalue weighted by molar-refractivity contribution is 6.31. The Morgan fingerprint density at radius 2 is 1.90 bits per heavy atom. The average molecular weight is 288 g/mol. The first-order valence-electron chi connectivity index (χ1n) is 6.51. The maximum absolute atomic E-state index is 10.3. The highest BCUT2D eigenvalue weighted by atomic mass is 35.5. The Kier molecular flexibility index (Phi) is 2.19. The molecule has 1 N–H and O–H groups in total. The maximum Gasteiger partial charge on any atom is 0.143 e. The summed E-state index contributed by atoms with van der Waals surface area (Å²) < 4.78 is 2.12. The van der Waals surface area contributed by atoms with Gasteiger partial charge in [0.1, 0.15) is 23.6 Å². The number of hydrogen-bond acceptors (Lipinski definition) is 2. The van der Waals surface area contributed by atoms with Gasteiger partial charge in [0, 0.05) is 5.02 Å². The van der Waals surface area contributed by atoms with E-state index in [4.69, 9.17) is 11.6 Å². The molecule has 0 fully saturated rings. The van der Waals surface area contributed by atoms with Gasteiger partial charge in [-0.15, -0.1) is 0 Å². The Morgan fingerprint density at radius 3 is 2.70 bits per heavy atom. The molecular formula is C15H14ClN3O. The molecule has 0 spiro atoms. The van der Waals surface area contributed by atoms with Gasteiger partial charge in [0.05, 0.1) is 5.52 Å². The van der Waals surface area contributed by atoms with E-state index in [9.17, 15) is 5.11 Å². The molecule has 0 radical (unpaired) electrons. The summed E-state index contributed by atoms with van der Waals surface area (Å²) in [6.07, 6.45) is 0. The number of rotatable bonds is 1. The van der Waals surface area contributed by atoms with Crippen molar-refractivity contribution in [2.45, 2.75) is 20.5 Å². The van der Waals surface area contributed by atoms with Gasteiger partial charge in [-0.2, -0.15) is 4.79 Å². The normalized spacial score (nSPS) is 13.7. The molecule has 0 saturated carbocycles. The second kappa shape index (κ2) is 3.73. The van der Waals surface area contributed by atoms with Crippen LogP contribution in [-0.4, -0.2) is 14.6 Å². The van der Waals surface area contributed by atoms with Crippen LogP contribution in [-0.2, 0) is 6.67 Å². The summed E-state index contributed by atoms with van der Waals surface area (Å²) in [5, 5.41) is 13.1. The van der Waals surface area contributed by atoms with Crippen molar-refractivity contribution in [3.63, 3.8) is 0 Å². The monoisotopic (exact) mass is 287 g/mol. The number of phenols is 1. The highest BCUT2D eigenvalue weighted by Gasteiger charge is 2.31. The van der Waals surface area contributed by atoms with E-state index in [1.165, 1.54) is 0 Å². The zero-order valence-corrected chi connectivity index (χ0v) is 12.0. The zero-order valence-electron chi connectivity index (χ0n) is 11.3. The number of hydrogen-bond donors (Lipinski definition) is 1. The SMILES string of the molecule is Cc1cc(C)c(O)c(N2Cn3c4cc(Cl)ccc4n32)c1. The summed E-state index contributed by atoms with van der Waals surface area (Å²) in [7, 11) is 0. The van der Waals surface area contributed by atoms with E-state index in [1.807, 2.05) is 44.2 Å². The third-order valence-electron chi connectivity index (χ3n) is 3.86. The molecule has 0 unspecified atom stereocenters. The lowest BCUT2D eigenvalue weighted by atomic mass is 10.1. The van der Waals surface area contributed by atoms with Gasteiger partial charge in [-0.3, -0.25) is 0 Å². The summed E-state index contributed by atoms with van der Waals surface area (Å²) >= 11 is 6.01. The fourth-order valence-electron chi connectivity index (χ4n) is 2.89. The third-order valence-corrected chi connectivity index (χ3v) is 4.09. The molecule has 0 bridgehead atoms. The van der Waals surface area contributed by atoms with Crippen molar-refractivity contribution in [2.24, 2.45) is 0 Å².